The van der Waals surface area contributed by atoms with Crippen LogP contribution < -0.4 is 4.74 Å². The van der Waals surface area contributed by atoms with Crippen LogP contribution in [0.25, 0.3) is 0 Å². The van der Waals surface area contributed by atoms with Gasteiger partial charge in [0.2, 0.25) is 0 Å². The lowest BCUT2D eigenvalue weighted by Gasteiger charge is -2.12. The standard InChI is InChI=1S/C16H20N2O4/c1-10(2)20-14-7-5-6-13(8-14)9-15(19)21-11(3)16-17-12(4)18-22-16/h5-8,10-11H,9H2,1-4H3. The van der Waals surface area contributed by atoms with Gasteiger partial charge >= 0.3 is 5.97 Å². The van der Waals surface area contributed by atoms with Gasteiger partial charge in [-0.2, -0.15) is 4.98 Å². The Morgan fingerprint density at radius 3 is 2.73 bits per heavy atom. The summed E-state index contributed by atoms with van der Waals surface area (Å²) in [5.74, 6) is 1.19. The van der Waals surface area contributed by atoms with E-state index in [2.05, 4.69) is 10.1 Å². The second-order valence-electron chi connectivity index (χ2n) is 5.30. The highest BCUT2D eigenvalue weighted by Crippen LogP contribution is 2.18. The van der Waals surface area contributed by atoms with Crippen molar-refractivity contribution in [1.29, 1.82) is 0 Å². The lowest BCUT2D eigenvalue weighted by Crippen LogP contribution is -2.12. The number of carbonyl (C=O) groups excluding carboxylic acids is 1. The molecule has 0 N–H and O–H groups in total. The molecule has 1 atom stereocenters. The summed E-state index contributed by atoms with van der Waals surface area (Å²) in [6, 6.07) is 7.41. The van der Waals surface area contributed by atoms with E-state index in [9.17, 15) is 4.79 Å². The summed E-state index contributed by atoms with van der Waals surface area (Å²) in [7, 11) is 0. The summed E-state index contributed by atoms with van der Waals surface area (Å²) in [5.41, 5.74) is 0.831. The van der Waals surface area contributed by atoms with Gasteiger partial charge in [0.05, 0.1) is 12.5 Å². The van der Waals surface area contributed by atoms with Crippen molar-refractivity contribution in [2.45, 2.75) is 46.3 Å². The minimum absolute atomic E-state index is 0.0861. The zero-order valence-corrected chi connectivity index (χ0v) is 13.2. The first-order valence-electron chi connectivity index (χ1n) is 7.19. The number of rotatable bonds is 6. The van der Waals surface area contributed by atoms with Crippen LogP contribution in [0.15, 0.2) is 28.8 Å². The van der Waals surface area contributed by atoms with Crippen molar-refractivity contribution in [1.82, 2.24) is 10.1 Å². The number of hydrogen-bond acceptors (Lipinski definition) is 6. The molecule has 22 heavy (non-hydrogen) atoms. The molecule has 0 aliphatic rings. The molecule has 1 aromatic heterocycles. The topological polar surface area (TPSA) is 74.5 Å². The first-order chi connectivity index (χ1) is 10.4. The van der Waals surface area contributed by atoms with E-state index in [1.54, 1.807) is 13.8 Å². The van der Waals surface area contributed by atoms with Gasteiger partial charge in [0.25, 0.3) is 5.89 Å². The van der Waals surface area contributed by atoms with E-state index in [1.165, 1.54) is 0 Å². The fourth-order valence-corrected chi connectivity index (χ4v) is 1.94. The number of benzene rings is 1. The highest BCUT2D eigenvalue weighted by atomic mass is 16.6. The van der Waals surface area contributed by atoms with Crippen LogP contribution >= 0.6 is 0 Å². The van der Waals surface area contributed by atoms with Gasteiger partial charge < -0.3 is 14.0 Å². The monoisotopic (exact) mass is 304 g/mol. The van der Waals surface area contributed by atoms with E-state index < -0.39 is 6.10 Å². The summed E-state index contributed by atoms with van der Waals surface area (Å²) in [4.78, 5) is 16.0. The molecule has 1 unspecified atom stereocenters. The summed E-state index contributed by atoms with van der Waals surface area (Å²) in [6.07, 6.45) is -0.320. The molecule has 0 spiro atoms. The summed E-state index contributed by atoms with van der Waals surface area (Å²) in [5, 5.41) is 3.67. The average molecular weight is 304 g/mol. The van der Waals surface area contributed by atoms with Crippen LogP contribution in [0.3, 0.4) is 0 Å². The van der Waals surface area contributed by atoms with E-state index in [0.29, 0.717) is 11.7 Å². The normalized spacial score (nSPS) is 12.2. The number of hydrogen-bond donors (Lipinski definition) is 0. The maximum atomic E-state index is 12.0. The largest absolute Gasteiger partial charge is 0.491 e. The number of carbonyl (C=O) groups is 1. The minimum Gasteiger partial charge on any atom is -0.491 e. The van der Waals surface area contributed by atoms with Crippen LogP contribution in [0, 0.1) is 6.92 Å². The molecule has 0 saturated carbocycles. The lowest BCUT2D eigenvalue weighted by atomic mass is 10.1. The van der Waals surface area contributed by atoms with Gasteiger partial charge in [0.1, 0.15) is 5.75 Å². The second kappa shape index (κ2) is 7.06. The predicted molar refractivity (Wildman–Crippen MR) is 79.5 cm³/mol. The number of esters is 1. The van der Waals surface area contributed by atoms with E-state index in [-0.39, 0.29) is 18.5 Å². The Balaban J connectivity index is 1.94. The number of aromatic nitrogens is 2. The van der Waals surface area contributed by atoms with Crippen LogP contribution in [0.2, 0.25) is 0 Å². The number of ether oxygens (including phenoxy) is 2. The van der Waals surface area contributed by atoms with Crippen molar-refractivity contribution in [2.75, 3.05) is 0 Å². The molecule has 0 saturated heterocycles. The fourth-order valence-electron chi connectivity index (χ4n) is 1.94. The van der Waals surface area contributed by atoms with Gasteiger partial charge in [-0.15, -0.1) is 0 Å². The van der Waals surface area contributed by atoms with E-state index in [1.807, 2.05) is 38.1 Å². The lowest BCUT2D eigenvalue weighted by molar-refractivity contribution is -0.148. The van der Waals surface area contributed by atoms with Crippen molar-refractivity contribution in [3.05, 3.63) is 41.5 Å². The molecule has 6 nitrogen and oxygen atoms in total. The van der Waals surface area contributed by atoms with E-state index in [4.69, 9.17) is 14.0 Å². The summed E-state index contributed by atoms with van der Waals surface area (Å²) < 4.78 is 15.9. The smallest absolute Gasteiger partial charge is 0.311 e. The van der Waals surface area contributed by atoms with Crippen LogP contribution in [0.5, 0.6) is 5.75 Å². The highest BCUT2D eigenvalue weighted by molar-refractivity contribution is 5.72. The summed E-state index contributed by atoms with van der Waals surface area (Å²) in [6.45, 7) is 7.31. The SMILES string of the molecule is Cc1noc(C(C)OC(=O)Cc2cccc(OC(C)C)c2)n1. The molecule has 6 heteroatoms. The Morgan fingerprint density at radius 2 is 2.09 bits per heavy atom. The van der Waals surface area contributed by atoms with Crippen LogP contribution in [-0.4, -0.2) is 22.2 Å². The van der Waals surface area contributed by atoms with Gasteiger partial charge in [0.15, 0.2) is 11.9 Å². The zero-order valence-electron chi connectivity index (χ0n) is 13.2. The number of aryl methyl sites for hydroxylation is 1. The Morgan fingerprint density at radius 1 is 1.32 bits per heavy atom. The predicted octanol–water partition coefficient (Wildman–Crippen LogP) is 3.01. The van der Waals surface area contributed by atoms with Crippen molar-refractivity contribution in [2.24, 2.45) is 0 Å². The van der Waals surface area contributed by atoms with Gasteiger partial charge in [-0.1, -0.05) is 17.3 Å². The number of nitrogens with zero attached hydrogens (tertiary/aromatic N) is 2. The molecule has 0 aliphatic carbocycles. The average Bonchev–Trinajstić information content (AvgIpc) is 2.85. The van der Waals surface area contributed by atoms with Crippen molar-refractivity contribution in [3.8, 4) is 5.75 Å². The molecule has 0 radical (unpaired) electrons. The van der Waals surface area contributed by atoms with Crippen LogP contribution in [-0.2, 0) is 16.0 Å². The van der Waals surface area contributed by atoms with Gasteiger partial charge in [-0.25, -0.2) is 0 Å². The molecule has 1 aromatic carbocycles. The minimum atomic E-state index is -0.566. The quantitative estimate of drug-likeness (QED) is 0.764. The molecule has 1 heterocycles. The van der Waals surface area contributed by atoms with Crippen molar-refractivity contribution >= 4 is 5.97 Å². The molecule has 118 valence electrons. The third kappa shape index (κ3) is 4.58. The molecule has 0 amide bonds. The van der Waals surface area contributed by atoms with E-state index >= 15 is 0 Å². The molecular weight excluding hydrogens is 284 g/mol. The van der Waals surface area contributed by atoms with Crippen molar-refractivity contribution < 1.29 is 18.8 Å². The van der Waals surface area contributed by atoms with Gasteiger partial charge in [-0.3, -0.25) is 4.79 Å². The van der Waals surface area contributed by atoms with Crippen molar-refractivity contribution in [3.63, 3.8) is 0 Å². The van der Waals surface area contributed by atoms with E-state index in [0.717, 1.165) is 11.3 Å². The Hall–Kier alpha value is -2.37. The first-order valence-corrected chi connectivity index (χ1v) is 7.19. The Bertz CT molecular complexity index is 637. The van der Waals surface area contributed by atoms with Crippen LogP contribution in [0.1, 0.15) is 44.2 Å². The summed E-state index contributed by atoms with van der Waals surface area (Å²) >= 11 is 0. The third-order valence-electron chi connectivity index (χ3n) is 2.82. The molecule has 2 aromatic rings. The highest BCUT2D eigenvalue weighted by Gasteiger charge is 2.18. The Kier molecular flexibility index (Phi) is 5.14. The zero-order chi connectivity index (χ0) is 16.1. The molecule has 2 rings (SSSR count). The second-order valence-corrected chi connectivity index (χ2v) is 5.30. The Labute approximate surface area is 129 Å². The third-order valence-corrected chi connectivity index (χ3v) is 2.82. The fraction of sp³-hybridized carbons (Fsp3) is 0.438. The maximum Gasteiger partial charge on any atom is 0.311 e. The first kappa shape index (κ1) is 16.0. The molecule has 0 fully saturated rings. The molecular formula is C16H20N2O4. The van der Waals surface area contributed by atoms with Gasteiger partial charge in [-0.05, 0) is 45.4 Å². The molecule has 0 aliphatic heterocycles. The van der Waals surface area contributed by atoms with Crippen LogP contribution in [0.4, 0.5) is 0 Å². The maximum absolute atomic E-state index is 12.0. The molecule has 0 bridgehead atoms. The van der Waals surface area contributed by atoms with Gasteiger partial charge in [0, 0.05) is 0 Å².